The van der Waals surface area contributed by atoms with Crippen molar-refractivity contribution in [2.45, 2.75) is 18.9 Å². The van der Waals surface area contributed by atoms with Gasteiger partial charge in [0.2, 0.25) is 0 Å². The number of allylic oxidation sites excluding steroid dienone is 1. The topological polar surface area (TPSA) is 35.2 Å². The molecule has 82 valence electrons. The van der Waals surface area contributed by atoms with Crippen molar-refractivity contribution in [2.75, 3.05) is 7.11 Å². The van der Waals surface area contributed by atoms with Gasteiger partial charge in [0.25, 0.3) is 0 Å². The Kier molecular flexibility index (Phi) is 4.31. The maximum Gasteiger partial charge on any atom is 0.126 e. The van der Waals surface area contributed by atoms with E-state index in [0.717, 1.165) is 18.4 Å². The van der Waals surface area contributed by atoms with Crippen molar-refractivity contribution >= 4 is 0 Å². The molecule has 0 amide bonds. The van der Waals surface area contributed by atoms with Crippen molar-refractivity contribution in [3.8, 4) is 5.75 Å². The Hall–Kier alpha value is -1.35. The Balaban J connectivity index is 2.86. The van der Waals surface area contributed by atoms with Crippen molar-refractivity contribution < 1.29 is 9.13 Å². The van der Waals surface area contributed by atoms with Crippen LogP contribution in [0.25, 0.3) is 0 Å². The van der Waals surface area contributed by atoms with E-state index in [4.69, 9.17) is 10.5 Å². The number of ether oxygens (including phenoxy) is 1. The van der Waals surface area contributed by atoms with Gasteiger partial charge in [0.05, 0.1) is 7.11 Å². The second-order valence-corrected chi connectivity index (χ2v) is 3.36. The molecule has 1 rings (SSSR count). The predicted octanol–water partition coefficient (Wildman–Crippen LogP) is 2.80. The van der Waals surface area contributed by atoms with Crippen LogP contribution in [0.4, 0.5) is 4.39 Å². The van der Waals surface area contributed by atoms with Crippen LogP contribution in [0.5, 0.6) is 5.75 Å². The van der Waals surface area contributed by atoms with Crippen LogP contribution in [0.15, 0.2) is 30.9 Å². The Morgan fingerprint density at radius 1 is 1.60 bits per heavy atom. The van der Waals surface area contributed by atoms with Gasteiger partial charge in [-0.15, -0.1) is 6.58 Å². The van der Waals surface area contributed by atoms with Crippen molar-refractivity contribution in [2.24, 2.45) is 5.73 Å². The molecule has 0 aliphatic rings. The fourth-order valence-electron chi connectivity index (χ4n) is 1.44. The molecule has 1 aromatic rings. The summed E-state index contributed by atoms with van der Waals surface area (Å²) < 4.78 is 18.0. The first-order valence-electron chi connectivity index (χ1n) is 4.89. The molecule has 0 aliphatic carbocycles. The number of halogens is 1. The third-order valence-corrected chi connectivity index (χ3v) is 2.28. The minimum Gasteiger partial charge on any atom is -0.496 e. The van der Waals surface area contributed by atoms with Crippen LogP contribution in [0.3, 0.4) is 0 Å². The summed E-state index contributed by atoms with van der Waals surface area (Å²) in [5.74, 6) is 0.193. The summed E-state index contributed by atoms with van der Waals surface area (Å²) >= 11 is 0. The fourth-order valence-corrected chi connectivity index (χ4v) is 1.44. The Morgan fingerprint density at radius 3 is 2.93 bits per heavy atom. The number of nitrogens with two attached hydrogens (primary N) is 1. The summed E-state index contributed by atoms with van der Waals surface area (Å²) in [6.45, 7) is 3.64. The number of rotatable bonds is 5. The molecular weight excluding hydrogens is 193 g/mol. The molecule has 0 radical (unpaired) electrons. The lowest BCUT2D eigenvalue weighted by molar-refractivity contribution is 0.401. The molecule has 0 aliphatic heterocycles. The van der Waals surface area contributed by atoms with Crippen molar-refractivity contribution in [1.29, 1.82) is 0 Å². The van der Waals surface area contributed by atoms with Crippen molar-refractivity contribution in [1.82, 2.24) is 0 Å². The average molecular weight is 209 g/mol. The Bertz CT molecular complexity index is 338. The third kappa shape index (κ3) is 3.06. The highest BCUT2D eigenvalue weighted by molar-refractivity contribution is 5.36. The van der Waals surface area contributed by atoms with Gasteiger partial charge in [-0.2, -0.15) is 0 Å². The van der Waals surface area contributed by atoms with Gasteiger partial charge in [-0.25, -0.2) is 4.39 Å². The highest BCUT2D eigenvalue weighted by atomic mass is 19.1. The van der Waals surface area contributed by atoms with Crippen LogP contribution in [0, 0.1) is 5.82 Å². The van der Waals surface area contributed by atoms with E-state index >= 15 is 0 Å². The lowest BCUT2D eigenvalue weighted by Gasteiger charge is -2.14. The minimum atomic E-state index is -0.313. The fraction of sp³-hybridized carbons (Fsp3) is 0.333. The highest BCUT2D eigenvalue weighted by Crippen LogP contribution is 2.27. The van der Waals surface area contributed by atoms with Crippen LogP contribution in [-0.4, -0.2) is 7.11 Å². The van der Waals surface area contributed by atoms with Crippen molar-refractivity contribution in [3.05, 3.63) is 42.2 Å². The van der Waals surface area contributed by atoms with E-state index in [1.54, 1.807) is 6.07 Å². The molecule has 0 saturated heterocycles. The zero-order valence-electron chi connectivity index (χ0n) is 8.87. The minimum absolute atomic E-state index is 0.140. The molecular formula is C12H16FNO. The van der Waals surface area contributed by atoms with Crippen LogP contribution in [0.1, 0.15) is 24.4 Å². The quantitative estimate of drug-likeness (QED) is 0.757. The van der Waals surface area contributed by atoms with Crippen LogP contribution in [-0.2, 0) is 0 Å². The maximum atomic E-state index is 12.9. The summed E-state index contributed by atoms with van der Waals surface area (Å²) in [5.41, 5.74) is 6.79. The monoisotopic (exact) mass is 209 g/mol. The average Bonchev–Trinajstić information content (AvgIpc) is 2.25. The molecule has 3 heteroatoms. The Labute approximate surface area is 89.6 Å². The first-order chi connectivity index (χ1) is 7.19. The zero-order valence-corrected chi connectivity index (χ0v) is 8.87. The second-order valence-electron chi connectivity index (χ2n) is 3.36. The molecule has 15 heavy (non-hydrogen) atoms. The van der Waals surface area contributed by atoms with E-state index in [0.29, 0.717) is 5.75 Å². The number of hydrogen-bond donors (Lipinski definition) is 1. The first-order valence-corrected chi connectivity index (χ1v) is 4.89. The van der Waals surface area contributed by atoms with E-state index in [1.165, 1.54) is 19.2 Å². The molecule has 2 nitrogen and oxygen atoms in total. The largest absolute Gasteiger partial charge is 0.496 e. The Morgan fingerprint density at radius 2 is 2.33 bits per heavy atom. The number of hydrogen-bond acceptors (Lipinski definition) is 2. The number of methoxy groups -OCH3 is 1. The van der Waals surface area contributed by atoms with Gasteiger partial charge in [-0.1, -0.05) is 12.1 Å². The molecule has 2 N–H and O–H groups in total. The zero-order chi connectivity index (χ0) is 11.3. The molecule has 0 unspecified atom stereocenters. The maximum absolute atomic E-state index is 12.9. The van der Waals surface area contributed by atoms with Gasteiger partial charge in [0, 0.05) is 17.7 Å². The summed E-state index contributed by atoms with van der Waals surface area (Å²) in [6.07, 6.45) is 3.43. The summed E-state index contributed by atoms with van der Waals surface area (Å²) in [6, 6.07) is 4.27. The van der Waals surface area contributed by atoms with Gasteiger partial charge in [0.15, 0.2) is 0 Å². The molecule has 0 spiro atoms. The SMILES string of the molecule is C=CCC[C@H](N)c1ccc(F)cc1OC. The molecule has 1 aromatic carbocycles. The second kappa shape index (κ2) is 5.51. The normalized spacial score (nSPS) is 12.2. The van der Waals surface area contributed by atoms with Crippen LogP contribution in [0.2, 0.25) is 0 Å². The first kappa shape index (κ1) is 11.7. The summed E-state index contributed by atoms with van der Waals surface area (Å²) in [7, 11) is 1.51. The molecule has 1 atom stereocenters. The highest BCUT2D eigenvalue weighted by Gasteiger charge is 2.11. The molecule has 0 bridgehead atoms. The molecule has 0 heterocycles. The van der Waals surface area contributed by atoms with E-state index in [-0.39, 0.29) is 11.9 Å². The van der Waals surface area contributed by atoms with E-state index < -0.39 is 0 Å². The molecule has 0 aromatic heterocycles. The lowest BCUT2D eigenvalue weighted by atomic mass is 10.0. The van der Waals surface area contributed by atoms with Crippen molar-refractivity contribution in [3.63, 3.8) is 0 Å². The third-order valence-electron chi connectivity index (χ3n) is 2.28. The molecule has 0 saturated carbocycles. The summed E-state index contributed by atoms with van der Waals surface area (Å²) in [4.78, 5) is 0. The van der Waals surface area contributed by atoms with Crippen LogP contribution >= 0.6 is 0 Å². The lowest BCUT2D eigenvalue weighted by Crippen LogP contribution is -2.11. The van der Waals surface area contributed by atoms with E-state index in [2.05, 4.69) is 6.58 Å². The predicted molar refractivity (Wildman–Crippen MR) is 59.3 cm³/mol. The van der Waals surface area contributed by atoms with E-state index in [1.807, 2.05) is 6.08 Å². The van der Waals surface area contributed by atoms with Gasteiger partial charge >= 0.3 is 0 Å². The van der Waals surface area contributed by atoms with Gasteiger partial charge in [-0.3, -0.25) is 0 Å². The standard InChI is InChI=1S/C12H16FNO/c1-3-4-5-11(14)10-7-6-9(13)8-12(10)15-2/h3,6-8,11H,1,4-5,14H2,2H3/t11-/m0/s1. The van der Waals surface area contributed by atoms with Gasteiger partial charge < -0.3 is 10.5 Å². The van der Waals surface area contributed by atoms with Crippen LogP contribution < -0.4 is 10.5 Å². The van der Waals surface area contributed by atoms with Gasteiger partial charge in [-0.05, 0) is 18.9 Å². The summed E-state index contributed by atoms with van der Waals surface area (Å²) in [5, 5.41) is 0. The number of benzene rings is 1. The van der Waals surface area contributed by atoms with E-state index in [9.17, 15) is 4.39 Å². The van der Waals surface area contributed by atoms with Gasteiger partial charge in [0.1, 0.15) is 11.6 Å². The molecule has 0 fully saturated rings. The smallest absolute Gasteiger partial charge is 0.126 e.